The molecule has 4 nitrogen and oxygen atoms in total. The van der Waals surface area contributed by atoms with Crippen molar-refractivity contribution in [2.45, 2.75) is 45.1 Å². The van der Waals surface area contributed by atoms with Gasteiger partial charge in [-0.2, -0.15) is 5.10 Å². The summed E-state index contributed by atoms with van der Waals surface area (Å²) in [6.07, 6.45) is 8.40. The molecule has 0 aromatic carbocycles. The summed E-state index contributed by atoms with van der Waals surface area (Å²) < 4.78 is 0. The molecule has 1 saturated carbocycles. The molecule has 0 aliphatic heterocycles. The van der Waals surface area contributed by atoms with E-state index in [0.29, 0.717) is 11.9 Å². The van der Waals surface area contributed by atoms with Crippen molar-refractivity contribution in [1.82, 2.24) is 10.2 Å². The van der Waals surface area contributed by atoms with Gasteiger partial charge in [-0.05, 0) is 31.6 Å². The molecule has 0 bridgehead atoms. The van der Waals surface area contributed by atoms with Crippen molar-refractivity contribution in [3.05, 3.63) is 6.20 Å². The van der Waals surface area contributed by atoms with E-state index in [9.17, 15) is 0 Å². The van der Waals surface area contributed by atoms with Gasteiger partial charge in [0.25, 0.3) is 0 Å². The average Bonchev–Trinajstić information content (AvgIpc) is 2.75. The average molecular weight is 222 g/mol. The zero-order valence-corrected chi connectivity index (χ0v) is 10.2. The van der Waals surface area contributed by atoms with Crippen LogP contribution < -0.4 is 10.6 Å². The fourth-order valence-electron chi connectivity index (χ4n) is 2.71. The van der Waals surface area contributed by atoms with Gasteiger partial charge in [-0.25, -0.2) is 0 Å². The van der Waals surface area contributed by atoms with E-state index in [1.54, 1.807) is 0 Å². The Morgan fingerprint density at radius 1 is 1.44 bits per heavy atom. The number of nitrogens with two attached hydrogens (primary N) is 1. The Morgan fingerprint density at radius 3 is 2.62 bits per heavy atom. The SMILES string of the molecule is CCC1CCC(N(C)c2cn[nH]c2N)CC1. The van der Waals surface area contributed by atoms with Crippen LogP contribution in [0.15, 0.2) is 6.20 Å². The highest BCUT2D eigenvalue weighted by Gasteiger charge is 2.24. The fourth-order valence-corrected chi connectivity index (χ4v) is 2.71. The Balaban J connectivity index is 1.97. The number of nitrogens with one attached hydrogen (secondary N) is 1. The lowest BCUT2D eigenvalue weighted by molar-refractivity contribution is 0.313. The Hall–Kier alpha value is -1.19. The van der Waals surface area contributed by atoms with E-state index in [1.807, 2.05) is 6.20 Å². The molecule has 0 amide bonds. The van der Waals surface area contributed by atoms with Crippen LogP contribution in [0.4, 0.5) is 11.5 Å². The summed E-state index contributed by atoms with van der Waals surface area (Å²) in [5.74, 6) is 1.62. The van der Waals surface area contributed by atoms with Crippen LogP contribution in [0, 0.1) is 5.92 Å². The third-order valence-electron chi connectivity index (χ3n) is 3.97. The van der Waals surface area contributed by atoms with Crippen molar-refractivity contribution in [3.63, 3.8) is 0 Å². The summed E-state index contributed by atoms with van der Waals surface area (Å²) in [6, 6.07) is 0.627. The second kappa shape index (κ2) is 4.76. The molecule has 90 valence electrons. The van der Waals surface area contributed by atoms with Gasteiger partial charge in [0.15, 0.2) is 0 Å². The smallest absolute Gasteiger partial charge is 0.142 e. The summed E-state index contributed by atoms with van der Waals surface area (Å²) in [5.41, 5.74) is 6.88. The maximum Gasteiger partial charge on any atom is 0.142 e. The first-order valence-electron chi connectivity index (χ1n) is 6.24. The second-order valence-electron chi connectivity index (χ2n) is 4.86. The Labute approximate surface area is 97.2 Å². The normalized spacial score (nSPS) is 25.6. The third kappa shape index (κ3) is 2.15. The van der Waals surface area contributed by atoms with Crippen molar-refractivity contribution in [2.24, 2.45) is 5.92 Å². The van der Waals surface area contributed by atoms with E-state index < -0.39 is 0 Å². The van der Waals surface area contributed by atoms with Crippen LogP contribution >= 0.6 is 0 Å². The molecule has 1 aromatic heterocycles. The van der Waals surface area contributed by atoms with Gasteiger partial charge in [0.2, 0.25) is 0 Å². The molecule has 0 radical (unpaired) electrons. The van der Waals surface area contributed by atoms with Gasteiger partial charge in [-0.3, -0.25) is 5.10 Å². The number of nitrogen functional groups attached to an aromatic ring is 1. The van der Waals surface area contributed by atoms with Gasteiger partial charge in [0.1, 0.15) is 5.82 Å². The summed E-state index contributed by atoms with van der Waals surface area (Å²) in [6.45, 7) is 2.29. The van der Waals surface area contributed by atoms with E-state index in [-0.39, 0.29) is 0 Å². The molecular formula is C12H22N4. The number of H-pyrrole nitrogens is 1. The molecule has 1 fully saturated rings. The predicted octanol–water partition coefficient (Wildman–Crippen LogP) is 2.40. The highest BCUT2D eigenvalue weighted by molar-refractivity contribution is 5.62. The number of hydrogen-bond acceptors (Lipinski definition) is 3. The van der Waals surface area contributed by atoms with Gasteiger partial charge in [-0.15, -0.1) is 0 Å². The van der Waals surface area contributed by atoms with Gasteiger partial charge < -0.3 is 10.6 Å². The van der Waals surface area contributed by atoms with E-state index >= 15 is 0 Å². The van der Waals surface area contributed by atoms with E-state index in [4.69, 9.17) is 5.73 Å². The topological polar surface area (TPSA) is 57.9 Å². The highest BCUT2D eigenvalue weighted by Crippen LogP contribution is 2.32. The van der Waals surface area contributed by atoms with Gasteiger partial charge >= 0.3 is 0 Å². The van der Waals surface area contributed by atoms with Crippen LogP contribution in [0.1, 0.15) is 39.0 Å². The molecule has 16 heavy (non-hydrogen) atoms. The molecular weight excluding hydrogens is 200 g/mol. The van der Waals surface area contributed by atoms with Crippen molar-refractivity contribution in [3.8, 4) is 0 Å². The van der Waals surface area contributed by atoms with Crippen LogP contribution in [-0.4, -0.2) is 23.3 Å². The van der Waals surface area contributed by atoms with Crippen LogP contribution in [0.5, 0.6) is 0 Å². The van der Waals surface area contributed by atoms with Crippen molar-refractivity contribution in [1.29, 1.82) is 0 Å². The number of nitrogens with zero attached hydrogens (tertiary/aromatic N) is 2. The minimum absolute atomic E-state index is 0.627. The fraction of sp³-hybridized carbons (Fsp3) is 0.750. The van der Waals surface area contributed by atoms with Crippen LogP contribution in [0.2, 0.25) is 0 Å². The summed E-state index contributed by atoms with van der Waals surface area (Å²) >= 11 is 0. The Bertz CT molecular complexity index is 326. The largest absolute Gasteiger partial charge is 0.382 e. The minimum atomic E-state index is 0.627. The summed E-state index contributed by atoms with van der Waals surface area (Å²) in [7, 11) is 2.12. The van der Waals surface area contributed by atoms with Crippen LogP contribution in [0.3, 0.4) is 0 Å². The first kappa shape index (κ1) is 11.3. The molecule has 0 saturated heterocycles. The van der Waals surface area contributed by atoms with E-state index in [1.165, 1.54) is 32.1 Å². The van der Waals surface area contributed by atoms with E-state index in [2.05, 4.69) is 29.1 Å². The summed E-state index contributed by atoms with van der Waals surface area (Å²) in [5, 5.41) is 6.77. The van der Waals surface area contributed by atoms with Gasteiger partial charge in [-0.1, -0.05) is 13.3 Å². The lowest BCUT2D eigenvalue weighted by atomic mass is 9.84. The molecule has 3 N–H and O–H groups in total. The highest BCUT2D eigenvalue weighted by atomic mass is 15.2. The van der Waals surface area contributed by atoms with Crippen LogP contribution in [0.25, 0.3) is 0 Å². The molecule has 1 aromatic rings. The molecule has 1 aliphatic rings. The number of aromatic nitrogens is 2. The van der Waals surface area contributed by atoms with Gasteiger partial charge in [0, 0.05) is 13.1 Å². The molecule has 1 heterocycles. The zero-order chi connectivity index (χ0) is 11.5. The molecule has 4 heteroatoms. The monoisotopic (exact) mass is 222 g/mol. The molecule has 0 spiro atoms. The second-order valence-corrected chi connectivity index (χ2v) is 4.86. The summed E-state index contributed by atoms with van der Waals surface area (Å²) in [4.78, 5) is 2.28. The first-order valence-corrected chi connectivity index (χ1v) is 6.24. The molecule has 0 unspecified atom stereocenters. The standard InChI is InChI=1S/C12H22N4/c1-3-9-4-6-10(7-5-9)16(2)11-8-14-15-12(11)13/h8-10H,3-7H2,1-2H3,(H3,13,14,15). The van der Waals surface area contributed by atoms with Crippen molar-refractivity contribution in [2.75, 3.05) is 17.7 Å². The van der Waals surface area contributed by atoms with Gasteiger partial charge in [0.05, 0.1) is 11.9 Å². The number of anilines is 2. The van der Waals surface area contributed by atoms with Crippen molar-refractivity contribution >= 4 is 11.5 Å². The number of rotatable bonds is 3. The minimum Gasteiger partial charge on any atom is -0.382 e. The van der Waals surface area contributed by atoms with Crippen molar-refractivity contribution < 1.29 is 0 Å². The third-order valence-corrected chi connectivity index (χ3v) is 3.97. The Morgan fingerprint density at radius 2 is 2.12 bits per heavy atom. The molecule has 1 aliphatic carbocycles. The quantitative estimate of drug-likeness (QED) is 0.825. The first-order chi connectivity index (χ1) is 7.72. The number of aromatic amines is 1. The lowest BCUT2D eigenvalue weighted by Gasteiger charge is -2.35. The maximum atomic E-state index is 5.84. The zero-order valence-electron chi connectivity index (χ0n) is 10.2. The molecule has 0 atom stereocenters. The predicted molar refractivity (Wildman–Crippen MR) is 67.4 cm³/mol. The van der Waals surface area contributed by atoms with E-state index in [0.717, 1.165) is 11.6 Å². The number of hydrogen-bond donors (Lipinski definition) is 2. The lowest BCUT2D eigenvalue weighted by Crippen LogP contribution is -2.35. The molecule has 2 rings (SSSR count). The maximum absolute atomic E-state index is 5.84. The van der Waals surface area contributed by atoms with Crippen LogP contribution in [-0.2, 0) is 0 Å². The Kier molecular flexibility index (Phi) is 3.36.